The van der Waals surface area contributed by atoms with Gasteiger partial charge in [-0.05, 0) is 73.7 Å². The van der Waals surface area contributed by atoms with Crippen LogP contribution >= 0.6 is 11.6 Å². The SMILES string of the molecule is CC[Si](CC)(CC)O[C@@]12CC#C[C@@H]3O[C@]3([C@@H]3COC(C)(C)O3)C#CC1=C[C@@H](OC(=O)c1c(O)ccc3c(CO[Si](C)(C)C(C)(C)C)c(Cl)c(OC)cc13)C2. The maximum Gasteiger partial charge on any atom is 0.343 e. The van der Waals surface area contributed by atoms with Crippen LogP contribution in [0.2, 0.25) is 41.3 Å². The largest absolute Gasteiger partial charge is 0.507 e. The minimum atomic E-state index is -2.23. The number of fused-ring (bicyclic) bond motifs is 3. The number of phenolic OH excluding ortho intramolecular Hbond substituents is 1. The second kappa shape index (κ2) is 14.6. The first-order chi connectivity index (χ1) is 25.3. The van der Waals surface area contributed by atoms with E-state index in [2.05, 4.69) is 78.3 Å². The minimum Gasteiger partial charge on any atom is -0.507 e. The van der Waals surface area contributed by atoms with Crippen LogP contribution in [0.15, 0.2) is 29.8 Å². The molecule has 2 aliphatic carbocycles. The Hall–Kier alpha value is -2.85. The number of carbonyl (C=O) groups excluding carboxylic acids is 1. The van der Waals surface area contributed by atoms with Crippen LogP contribution in [0.1, 0.15) is 84.2 Å². The van der Waals surface area contributed by atoms with Gasteiger partial charge < -0.3 is 37.6 Å². The van der Waals surface area contributed by atoms with E-state index in [1.165, 1.54) is 13.2 Å². The van der Waals surface area contributed by atoms with Crippen molar-refractivity contribution in [3.05, 3.63) is 46.0 Å². The molecule has 2 aromatic carbocycles. The molecule has 4 aliphatic rings. The molecule has 0 unspecified atom stereocenters. The Morgan fingerprint density at radius 1 is 1.09 bits per heavy atom. The van der Waals surface area contributed by atoms with Crippen molar-refractivity contribution in [2.75, 3.05) is 13.7 Å². The number of esters is 1. The third kappa shape index (κ3) is 7.39. The van der Waals surface area contributed by atoms with E-state index >= 15 is 0 Å². The van der Waals surface area contributed by atoms with Crippen molar-refractivity contribution in [2.24, 2.45) is 0 Å². The van der Waals surface area contributed by atoms with Gasteiger partial charge in [0.15, 0.2) is 34.1 Å². The van der Waals surface area contributed by atoms with Gasteiger partial charge in [0.2, 0.25) is 0 Å². The standard InChI is InChI=1S/C42H55ClO9Si2/c1-12-54(13-2,14-3)52-41-20-15-16-34-42(51-34,35-26-47-40(7,8)50-35)21-19-27(41)22-28(24-41)49-38(45)36-30-23-33(46-9)37(43)31(29(30)17-18-32(36)44)25-48-53(10,11)39(4,5)6/h17-18,22-23,28,34-35,44H,12-14,20,24-26H2,1-11H3/t28-,34+,35+,41-,42-/m1/s1. The van der Waals surface area contributed by atoms with E-state index in [9.17, 15) is 9.90 Å². The fraction of sp³-hybridized carbons (Fsp3) is 0.595. The lowest BCUT2D eigenvalue weighted by molar-refractivity contribution is -0.143. The number of carbonyl (C=O) groups is 1. The van der Waals surface area contributed by atoms with Gasteiger partial charge in [0.1, 0.15) is 34.9 Å². The molecule has 0 aromatic heterocycles. The molecular formula is C42H55ClO9Si2. The third-order valence-electron chi connectivity index (χ3n) is 12.2. The molecule has 292 valence electrons. The molecule has 12 heteroatoms. The number of epoxide rings is 1. The Kier molecular flexibility index (Phi) is 11.0. The summed E-state index contributed by atoms with van der Waals surface area (Å²) in [5.41, 5.74) is -0.392. The number of halogens is 1. The second-order valence-electron chi connectivity index (χ2n) is 16.9. The molecule has 2 heterocycles. The van der Waals surface area contributed by atoms with Crippen molar-refractivity contribution in [3.8, 4) is 35.2 Å². The lowest BCUT2D eigenvalue weighted by Gasteiger charge is -2.40. The van der Waals surface area contributed by atoms with E-state index in [4.69, 9.17) is 44.1 Å². The molecule has 2 aromatic rings. The zero-order valence-electron chi connectivity index (χ0n) is 33.6. The molecule has 9 nitrogen and oxygen atoms in total. The number of aromatic hydroxyl groups is 1. The first kappa shape index (κ1) is 40.8. The summed E-state index contributed by atoms with van der Waals surface area (Å²) in [6.45, 7) is 21.7. The quantitative estimate of drug-likeness (QED) is 0.0976. The summed E-state index contributed by atoms with van der Waals surface area (Å²) in [6, 6.07) is 7.70. The van der Waals surface area contributed by atoms with E-state index in [1.807, 2.05) is 19.9 Å². The van der Waals surface area contributed by atoms with Gasteiger partial charge in [-0.25, -0.2) is 4.79 Å². The van der Waals surface area contributed by atoms with Gasteiger partial charge in [-0.1, -0.05) is 82.9 Å². The molecule has 0 spiro atoms. The summed E-state index contributed by atoms with van der Waals surface area (Å²) >= 11 is 6.90. The van der Waals surface area contributed by atoms with E-state index in [0.717, 1.165) is 23.7 Å². The van der Waals surface area contributed by atoms with Crippen molar-refractivity contribution in [2.45, 2.75) is 146 Å². The topological polar surface area (TPSA) is 105 Å². The smallest absolute Gasteiger partial charge is 0.343 e. The Morgan fingerprint density at radius 3 is 2.41 bits per heavy atom. The van der Waals surface area contributed by atoms with Crippen molar-refractivity contribution in [1.29, 1.82) is 0 Å². The molecule has 0 radical (unpaired) electrons. The predicted molar refractivity (Wildman–Crippen MR) is 215 cm³/mol. The van der Waals surface area contributed by atoms with Crippen LogP contribution in [0.25, 0.3) is 10.8 Å². The molecule has 0 amide bonds. The molecule has 2 fully saturated rings. The maximum atomic E-state index is 14.3. The Labute approximate surface area is 327 Å². The lowest BCUT2D eigenvalue weighted by Crippen LogP contribution is -2.48. The molecule has 54 heavy (non-hydrogen) atoms. The molecule has 6 rings (SSSR count). The molecule has 0 saturated carbocycles. The molecule has 1 N–H and O–H groups in total. The number of methoxy groups -OCH3 is 1. The average Bonchev–Trinajstić information content (AvgIpc) is 3.51. The summed E-state index contributed by atoms with van der Waals surface area (Å²) in [4.78, 5) is 14.3. The molecule has 5 atom stereocenters. The van der Waals surface area contributed by atoms with Crippen LogP contribution in [0.5, 0.6) is 11.5 Å². The first-order valence-corrected chi connectivity index (χ1v) is 24.9. The highest BCUT2D eigenvalue weighted by molar-refractivity contribution is 6.74. The Bertz CT molecular complexity index is 1970. The lowest BCUT2D eigenvalue weighted by atomic mass is 9.92. The predicted octanol–water partition coefficient (Wildman–Crippen LogP) is 9.04. The number of hydrogen-bond donors (Lipinski definition) is 1. The molecule has 2 saturated heterocycles. The van der Waals surface area contributed by atoms with E-state index < -0.39 is 57.9 Å². The van der Waals surface area contributed by atoms with E-state index in [-0.39, 0.29) is 23.0 Å². The van der Waals surface area contributed by atoms with Crippen LogP contribution in [0.4, 0.5) is 0 Å². The van der Waals surface area contributed by atoms with Crippen molar-refractivity contribution >= 4 is 45.0 Å². The fourth-order valence-electron chi connectivity index (χ4n) is 7.46. The number of phenols is 1. The van der Waals surface area contributed by atoms with Crippen molar-refractivity contribution < 1.29 is 42.4 Å². The Balaban J connectivity index is 1.38. The summed E-state index contributed by atoms with van der Waals surface area (Å²) in [5, 5.41) is 12.7. The van der Waals surface area contributed by atoms with Gasteiger partial charge in [0.25, 0.3) is 0 Å². The normalized spacial score (nSPS) is 27.3. The van der Waals surface area contributed by atoms with Gasteiger partial charge in [-0.2, -0.15) is 0 Å². The summed E-state index contributed by atoms with van der Waals surface area (Å²) < 4.78 is 44.1. The fourth-order valence-corrected chi connectivity index (χ4v) is 11.7. The monoisotopic (exact) mass is 794 g/mol. The number of rotatable bonds is 12. The summed E-state index contributed by atoms with van der Waals surface area (Å²) in [5.74, 6) is 12.2. The third-order valence-corrected chi connectivity index (χ3v) is 21.8. The van der Waals surface area contributed by atoms with Crippen molar-refractivity contribution in [1.82, 2.24) is 0 Å². The zero-order valence-corrected chi connectivity index (χ0v) is 36.3. The number of hydrogen-bond acceptors (Lipinski definition) is 9. The number of ether oxygens (including phenoxy) is 5. The Morgan fingerprint density at radius 2 is 1.80 bits per heavy atom. The van der Waals surface area contributed by atoms with E-state index in [0.29, 0.717) is 46.6 Å². The molecular weight excluding hydrogens is 740 g/mol. The second-order valence-corrected chi connectivity index (χ2v) is 26.8. The van der Waals surface area contributed by atoms with Crippen LogP contribution in [-0.2, 0) is 34.4 Å². The van der Waals surface area contributed by atoms with Gasteiger partial charge in [-0.15, -0.1) is 0 Å². The summed E-state index contributed by atoms with van der Waals surface area (Å²) in [7, 11) is -2.88. The highest BCUT2D eigenvalue weighted by Gasteiger charge is 2.65. The van der Waals surface area contributed by atoms with E-state index in [1.54, 1.807) is 12.1 Å². The van der Waals surface area contributed by atoms with Gasteiger partial charge in [-0.3, -0.25) is 0 Å². The van der Waals surface area contributed by atoms with Gasteiger partial charge in [0.05, 0.1) is 25.3 Å². The van der Waals surface area contributed by atoms with Crippen LogP contribution in [-0.4, -0.2) is 76.7 Å². The highest BCUT2D eigenvalue weighted by Crippen LogP contribution is 2.48. The molecule has 0 bridgehead atoms. The van der Waals surface area contributed by atoms with Crippen LogP contribution in [0.3, 0.4) is 0 Å². The maximum absolute atomic E-state index is 14.3. The summed E-state index contributed by atoms with van der Waals surface area (Å²) in [6.07, 6.45) is 1.08. The highest BCUT2D eigenvalue weighted by atomic mass is 35.5. The average molecular weight is 796 g/mol. The van der Waals surface area contributed by atoms with Crippen LogP contribution < -0.4 is 4.74 Å². The van der Waals surface area contributed by atoms with Crippen LogP contribution in [0, 0.1) is 23.7 Å². The minimum absolute atomic E-state index is 0.0185. The van der Waals surface area contributed by atoms with Gasteiger partial charge in [0, 0.05) is 29.4 Å². The van der Waals surface area contributed by atoms with Crippen molar-refractivity contribution in [3.63, 3.8) is 0 Å². The van der Waals surface area contributed by atoms with Gasteiger partial charge >= 0.3 is 5.97 Å². The zero-order chi connectivity index (χ0) is 39.5. The number of benzene rings is 2. The molecule has 2 aliphatic heterocycles. The first-order valence-electron chi connectivity index (χ1n) is 19.1.